The molecule has 1 aromatic heterocycles. The molecule has 0 saturated heterocycles. The van der Waals surface area contributed by atoms with E-state index in [1.165, 1.54) is 16.7 Å². The van der Waals surface area contributed by atoms with E-state index in [0.717, 1.165) is 5.69 Å². The van der Waals surface area contributed by atoms with Crippen LogP contribution in [0.15, 0.2) is 42.6 Å². The van der Waals surface area contributed by atoms with Crippen LogP contribution in [-0.4, -0.2) is 4.98 Å². The zero-order chi connectivity index (χ0) is 17.0. The second-order valence-corrected chi connectivity index (χ2v) is 8.09. The third-order valence-corrected chi connectivity index (χ3v) is 3.60. The second kappa shape index (κ2) is 8.29. The van der Waals surface area contributed by atoms with Crippen molar-refractivity contribution in [1.29, 1.82) is 0 Å². The largest absolute Gasteiger partial charge is 0.260 e. The van der Waals surface area contributed by atoms with E-state index in [0.29, 0.717) is 0 Å². The highest BCUT2D eigenvalue weighted by Crippen LogP contribution is 2.21. The van der Waals surface area contributed by atoms with E-state index >= 15 is 0 Å². The summed E-state index contributed by atoms with van der Waals surface area (Å²) in [7, 11) is 0. The number of benzene rings is 1. The van der Waals surface area contributed by atoms with Crippen LogP contribution in [0.5, 0.6) is 0 Å². The number of aromatic nitrogens is 1. The van der Waals surface area contributed by atoms with Gasteiger partial charge in [-0.3, -0.25) is 4.98 Å². The summed E-state index contributed by atoms with van der Waals surface area (Å²) in [6, 6.07) is 12.9. The van der Waals surface area contributed by atoms with Crippen molar-refractivity contribution in [3.8, 4) is 0 Å². The molecule has 0 fully saturated rings. The molecule has 1 heteroatoms. The zero-order valence-corrected chi connectivity index (χ0v) is 15.5. The highest BCUT2D eigenvalue weighted by molar-refractivity contribution is 5.26. The van der Waals surface area contributed by atoms with Gasteiger partial charge in [-0.25, -0.2) is 0 Å². The Morgan fingerprint density at radius 3 is 1.48 bits per heavy atom. The SMILES string of the molecule is C.Cc1ccc(C(C)(C)C)cc1.Cc1ccc(C(C)(C)C)nc1. The Balaban J connectivity index is 0.000000403. The zero-order valence-electron chi connectivity index (χ0n) is 15.5. The molecule has 2 aromatic rings. The van der Waals surface area contributed by atoms with Crippen molar-refractivity contribution in [1.82, 2.24) is 4.98 Å². The van der Waals surface area contributed by atoms with Crippen LogP contribution in [0, 0.1) is 13.8 Å². The molecule has 0 aliphatic heterocycles. The molecule has 0 unspecified atom stereocenters. The van der Waals surface area contributed by atoms with Gasteiger partial charge in [0.2, 0.25) is 0 Å². The monoisotopic (exact) mass is 313 g/mol. The van der Waals surface area contributed by atoms with Crippen molar-refractivity contribution in [2.45, 2.75) is 73.6 Å². The minimum Gasteiger partial charge on any atom is -0.260 e. The summed E-state index contributed by atoms with van der Waals surface area (Å²) in [5, 5.41) is 0. The number of pyridine rings is 1. The maximum absolute atomic E-state index is 4.35. The van der Waals surface area contributed by atoms with E-state index in [9.17, 15) is 0 Å². The van der Waals surface area contributed by atoms with Gasteiger partial charge in [-0.05, 0) is 36.5 Å². The summed E-state index contributed by atoms with van der Waals surface area (Å²) >= 11 is 0. The lowest BCUT2D eigenvalue weighted by Crippen LogP contribution is -2.12. The van der Waals surface area contributed by atoms with Gasteiger partial charge in [0.15, 0.2) is 0 Å². The molecule has 128 valence electrons. The van der Waals surface area contributed by atoms with Crippen LogP contribution in [0.25, 0.3) is 0 Å². The van der Waals surface area contributed by atoms with E-state index in [4.69, 9.17) is 0 Å². The Kier molecular flexibility index (Phi) is 7.70. The van der Waals surface area contributed by atoms with Crippen LogP contribution in [0.3, 0.4) is 0 Å². The van der Waals surface area contributed by atoms with Crippen molar-refractivity contribution < 1.29 is 0 Å². The fraction of sp³-hybridized carbons (Fsp3) is 0.500. The van der Waals surface area contributed by atoms with Gasteiger partial charge in [0.1, 0.15) is 0 Å². The predicted molar refractivity (Wildman–Crippen MR) is 104 cm³/mol. The Labute approximate surface area is 144 Å². The van der Waals surface area contributed by atoms with Crippen molar-refractivity contribution in [3.05, 3.63) is 65.0 Å². The van der Waals surface area contributed by atoms with Crippen LogP contribution >= 0.6 is 0 Å². The number of rotatable bonds is 0. The third kappa shape index (κ3) is 7.45. The first-order valence-corrected chi connectivity index (χ1v) is 8.00. The van der Waals surface area contributed by atoms with E-state index in [2.05, 4.69) is 96.8 Å². The summed E-state index contributed by atoms with van der Waals surface area (Å²) in [5.41, 5.74) is 5.57. The highest BCUT2D eigenvalue weighted by atomic mass is 14.7. The predicted octanol–water partition coefficient (Wildman–Crippen LogP) is 6.62. The normalized spacial score (nSPS) is 11.1. The van der Waals surface area contributed by atoms with Gasteiger partial charge in [0.05, 0.1) is 0 Å². The molecule has 23 heavy (non-hydrogen) atoms. The molecule has 1 heterocycles. The Bertz CT molecular complexity index is 508. The summed E-state index contributed by atoms with van der Waals surface area (Å²) in [6.07, 6.45) is 1.92. The maximum atomic E-state index is 4.35. The Morgan fingerprint density at radius 2 is 1.13 bits per heavy atom. The smallest absolute Gasteiger partial charge is 0.0457 e. The van der Waals surface area contributed by atoms with Gasteiger partial charge in [-0.2, -0.15) is 0 Å². The van der Waals surface area contributed by atoms with Gasteiger partial charge in [-0.1, -0.05) is 84.9 Å². The van der Waals surface area contributed by atoms with Crippen molar-refractivity contribution in [2.24, 2.45) is 0 Å². The van der Waals surface area contributed by atoms with Crippen LogP contribution in [0.2, 0.25) is 0 Å². The van der Waals surface area contributed by atoms with Gasteiger partial charge < -0.3 is 0 Å². The van der Waals surface area contributed by atoms with Gasteiger partial charge in [0, 0.05) is 17.3 Å². The standard InChI is InChI=1S/C11H16.C10H15N.CH4/c1-9-5-7-10(8-6-9)11(2,3)4;1-8-5-6-9(11-7-8)10(2,3)4;/h5-8H,1-4H3;5-7H,1-4H3;1H4. The molecule has 0 atom stereocenters. The lowest BCUT2D eigenvalue weighted by molar-refractivity contribution is 0.568. The summed E-state index contributed by atoms with van der Waals surface area (Å²) in [4.78, 5) is 4.35. The molecule has 0 bridgehead atoms. The van der Waals surface area contributed by atoms with Crippen LogP contribution in [0.1, 0.15) is 71.4 Å². The Hall–Kier alpha value is -1.63. The van der Waals surface area contributed by atoms with Crippen LogP contribution in [-0.2, 0) is 10.8 Å². The molecule has 1 nitrogen and oxygen atoms in total. The van der Waals surface area contributed by atoms with E-state index in [-0.39, 0.29) is 18.3 Å². The Morgan fingerprint density at radius 1 is 0.652 bits per heavy atom. The molecule has 0 radical (unpaired) electrons. The minimum atomic E-state index is 0. The molecule has 0 aliphatic carbocycles. The van der Waals surface area contributed by atoms with Gasteiger partial charge in [-0.15, -0.1) is 0 Å². The van der Waals surface area contributed by atoms with E-state index in [1.54, 1.807) is 0 Å². The summed E-state index contributed by atoms with van der Waals surface area (Å²) in [5.74, 6) is 0. The first-order valence-electron chi connectivity index (χ1n) is 8.00. The number of hydrogen-bond donors (Lipinski definition) is 0. The van der Waals surface area contributed by atoms with E-state index < -0.39 is 0 Å². The van der Waals surface area contributed by atoms with Crippen molar-refractivity contribution in [2.75, 3.05) is 0 Å². The molecule has 0 amide bonds. The summed E-state index contributed by atoms with van der Waals surface area (Å²) in [6.45, 7) is 17.4. The molecular weight excluding hydrogens is 278 g/mol. The maximum Gasteiger partial charge on any atom is 0.0457 e. The first kappa shape index (κ1) is 21.4. The quantitative estimate of drug-likeness (QED) is 0.533. The highest BCUT2D eigenvalue weighted by Gasteiger charge is 2.14. The van der Waals surface area contributed by atoms with Gasteiger partial charge in [0.25, 0.3) is 0 Å². The first-order chi connectivity index (χ1) is 10.00. The van der Waals surface area contributed by atoms with E-state index in [1.807, 2.05) is 6.20 Å². The molecule has 0 saturated carbocycles. The molecule has 0 spiro atoms. The molecule has 1 aromatic carbocycles. The second-order valence-electron chi connectivity index (χ2n) is 8.09. The summed E-state index contributed by atoms with van der Waals surface area (Å²) < 4.78 is 0. The fourth-order valence-electron chi connectivity index (χ4n) is 1.97. The lowest BCUT2D eigenvalue weighted by atomic mass is 9.87. The number of hydrogen-bond acceptors (Lipinski definition) is 1. The number of nitrogens with zero attached hydrogens (tertiary/aromatic N) is 1. The third-order valence-electron chi connectivity index (χ3n) is 3.60. The molecule has 2 rings (SSSR count). The topological polar surface area (TPSA) is 12.9 Å². The number of aryl methyl sites for hydroxylation is 2. The fourth-order valence-corrected chi connectivity index (χ4v) is 1.97. The van der Waals surface area contributed by atoms with Crippen molar-refractivity contribution in [3.63, 3.8) is 0 Å². The molecular formula is C22H35N. The molecule has 0 N–H and O–H groups in total. The minimum absolute atomic E-state index is 0. The lowest BCUT2D eigenvalue weighted by Gasteiger charge is -2.18. The van der Waals surface area contributed by atoms with Crippen molar-refractivity contribution >= 4 is 0 Å². The van der Waals surface area contributed by atoms with Crippen LogP contribution in [0.4, 0.5) is 0 Å². The molecule has 0 aliphatic rings. The average Bonchev–Trinajstić information content (AvgIpc) is 2.38. The average molecular weight is 314 g/mol. The van der Waals surface area contributed by atoms with Crippen LogP contribution < -0.4 is 0 Å². The van der Waals surface area contributed by atoms with Gasteiger partial charge >= 0.3 is 0 Å².